The Morgan fingerprint density at radius 2 is 1.94 bits per heavy atom. The van der Waals surface area contributed by atoms with Gasteiger partial charge in [0.05, 0.1) is 17.7 Å². The van der Waals surface area contributed by atoms with Crippen molar-refractivity contribution in [1.29, 1.82) is 0 Å². The number of halogens is 1. The lowest BCUT2D eigenvalue weighted by molar-refractivity contribution is 0.0696. The van der Waals surface area contributed by atoms with E-state index in [1.807, 2.05) is 19.6 Å². The Balaban J connectivity index is 3.26. The summed E-state index contributed by atoms with van der Waals surface area (Å²) in [6, 6.07) is 2.77. The van der Waals surface area contributed by atoms with Crippen molar-refractivity contribution in [1.82, 2.24) is 0 Å². The number of carbonyl (C=O) groups is 1. The lowest BCUT2D eigenvalue weighted by atomic mass is 10.2. The fourth-order valence-corrected chi connectivity index (χ4v) is 2.39. The van der Waals surface area contributed by atoms with E-state index in [0.29, 0.717) is 11.5 Å². The number of hydrogen-bond donors (Lipinski definition) is 1. The molecule has 0 fully saturated rings. The molecule has 0 heterocycles. The van der Waals surface area contributed by atoms with Crippen molar-refractivity contribution in [2.45, 2.75) is 19.6 Å². The van der Waals surface area contributed by atoms with Crippen molar-refractivity contribution >= 4 is 25.9 Å². The highest BCUT2D eigenvalue weighted by Gasteiger charge is 2.22. The normalized spacial score (nSPS) is 11.1. The Bertz CT molecular complexity index is 440. The number of rotatable bonds is 4. The highest BCUT2D eigenvalue weighted by molar-refractivity contribution is 6.70. The second-order valence-electron chi connectivity index (χ2n) is 4.51. The van der Waals surface area contributed by atoms with E-state index in [2.05, 4.69) is 0 Å². The molecule has 17 heavy (non-hydrogen) atoms. The minimum atomic E-state index is -1.83. The molecule has 0 aliphatic heterocycles. The largest absolute Gasteiger partial charge is 0.541 e. The molecule has 0 amide bonds. The van der Waals surface area contributed by atoms with Gasteiger partial charge in [0.1, 0.15) is 0 Å². The van der Waals surface area contributed by atoms with Crippen molar-refractivity contribution in [3.8, 4) is 11.5 Å². The fourth-order valence-electron chi connectivity index (χ4n) is 1.25. The maximum Gasteiger partial charge on any atom is 0.335 e. The molecule has 1 aromatic rings. The molecule has 0 saturated carbocycles. The van der Waals surface area contributed by atoms with Gasteiger partial charge in [-0.1, -0.05) is 11.6 Å². The zero-order valence-corrected chi connectivity index (χ0v) is 12.0. The Morgan fingerprint density at radius 3 is 2.35 bits per heavy atom. The molecule has 4 nitrogen and oxygen atoms in total. The van der Waals surface area contributed by atoms with Crippen LogP contribution in [-0.4, -0.2) is 26.5 Å². The van der Waals surface area contributed by atoms with E-state index in [1.54, 1.807) is 0 Å². The first-order valence-electron chi connectivity index (χ1n) is 5.04. The van der Waals surface area contributed by atoms with E-state index in [9.17, 15) is 4.79 Å². The second kappa shape index (κ2) is 4.97. The Hall–Kier alpha value is -1.20. The average Bonchev–Trinajstić information content (AvgIpc) is 2.18. The summed E-state index contributed by atoms with van der Waals surface area (Å²) < 4.78 is 10.9. The van der Waals surface area contributed by atoms with Crippen LogP contribution in [-0.2, 0) is 0 Å². The quantitative estimate of drug-likeness (QED) is 0.856. The van der Waals surface area contributed by atoms with Crippen LogP contribution in [0.25, 0.3) is 0 Å². The minimum absolute atomic E-state index is 0.0785. The van der Waals surface area contributed by atoms with E-state index in [4.69, 9.17) is 25.9 Å². The smallest absolute Gasteiger partial charge is 0.335 e. The molecule has 0 aromatic heterocycles. The highest BCUT2D eigenvalue weighted by atomic mass is 35.5. The summed E-state index contributed by atoms with van der Waals surface area (Å²) in [5.41, 5.74) is 0.0785. The first-order chi connectivity index (χ1) is 7.74. The van der Waals surface area contributed by atoms with Gasteiger partial charge in [-0.2, -0.15) is 0 Å². The molecule has 0 spiro atoms. The highest BCUT2D eigenvalue weighted by Crippen LogP contribution is 2.37. The molecule has 1 N–H and O–H groups in total. The molecule has 1 rings (SSSR count). The van der Waals surface area contributed by atoms with Crippen molar-refractivity contribution < 1.29 is 19.1 Å². The van der Waals surface area contributed by atoms with Gasteiger partial charge in [-0.05, 0) is 31.8 Å². The summed E-state index contributed by atoms with van der Waals surface area (Å²) in [4.78, 5) is 10.9. The predicted octanol–water partition coefficient (Wildman–Crippen LogP) is 3.26. The first-order valence-corrected chi connectivity index (χ1v) is 8.83. The SMILES string of the molecule is COc1cc(C(=O)O)cc(Cl)c1O[Si](C)(C)C. The molecule has 0 aliphatic rings. The predicted molar refractivity (Wildman–Crippen MR) is 68.9 cm³/mol. The second-order valence-corrected chi connectivity index (χ2v) is 9.35. The van der Waals surface area contributed by atoms with Crippen molar-refractivity contribution in [2.24, 2.45) is 0 Å². The molecule has 0 saturated heterocycles. The Labute approximate surface area is 106 Å². The molecular weight excluding hydrogens is 260 g/mol. The number of hydrogen-bond acceptors (Lipinski definition) is 3. The van der Waals surface area contributed by atoms with Crippen molar-refractivity contribution in [3.63, 3.8) is 0 Å². The lowest BCUT2D eigenvalue weighted by Crippen LogP contribution is -2.29. The molecule has 94 valence electrons. The number of methoxy groups -OCH3 is 1. The molecule has 0 unspecified atom stereocenters. The molecule has 0 radical (unpaired) electrons. The lowest BCUT2D eigenvalue weighted by Gasteiger charge is -2.22. The van der Waals surface area contributed by atoms with Crippen LogP contribution >= 0.6 is 11.6 Å². The molecule has 0 bridgehead atoms. The molecule has 0 aliphatic carbocycles. The monoisotopic (exact) mass is 274 g/mol. The van der Waals surface area contributed by atoms with Gasteiger partial charge in [0.15, 0.2) is 11.5 Å². The van der Waals surface area contributed by atoms with Gasteiger partial charge in [0.25, 0.3) is 0 Å². The maximum absolute atomic E-state index is 10.9. The number of carboxylic acids is 1. The minimum Gasteiger partial charge on any atom is -0.541 e. The average molecular weight is 275 g/mol. The zero-order valence-electron chi connectivity index (χ0n) is 10.2. The third-order valence-electron chi connectivity index (χ3n) is 1.88. The van der Waals surface area contributed by atoms with Crippen molar-refractivity contribution in [3.05, 3.63) is 22.7 Å². The van der Waals surface area contributed by atoms with Crippen LogP contribution in [0.1, 0.15) is 10.4 Å². The van der Waals surface area contributed by atoms with Crippen LogP contribution in [0.3, 0.4) is 0 Å². The van der Waals surface area contributed by atoms with Gasteiger partial charge in [-0.25, -0.2) is 4.79 Å². The van der Waals surface area contributed by atoms with E-state index in [-0.39, 0.29) is 10.6 Å². The molecule has 6 heteroatoms. The summed E-state index contributed by atoms with van der Waals surface area (Å²) >= 11 is 6.02. The van der Waals surface area contributed by atoms with Gasteiger partial charge in [-0.15, -0.1) is 0 Å². The summed E-state index contributed by atoms with van der Waals surface area (Å²) in [6.45, 7) is 6.02. The van der Waals surface area contributed by atoms with Crippen LogP contribution in [0.4, 0.5) is 0 Å². The van der Waals surface area contributed by atoms with Gasteiger partial charge >= 0.3 is 5.97 Å². The van der Waals surface area contributed by atoms with E-state index in [0.717, 1.165) is 0 Å². The third-order valence-corrected chi connectivity index (χ3v) is 2.98. The number of carboxylic acid groups (broad SMARTS) is 1. The topological polar surface area (TPSA) is 55.8 Å². The van der Waals surface area contributed by atoms with Crippen LogP contribution in [0.15, 0.2) is 12.1 Å². The maximum atomic E-state index is 10.9. The van der Waals surface area contributed by atoms with E-state index in [1.165, 1.54) is 19.2 Å². The van der Waals surface area contributed by atoms with E-state index >= 15 is 0 Å². The van der Waals surface area contributed by atoms with Crippen LogP contribution in [0, 0.1) is 0 Å². The summed E-state index contributed by atoms with van der Waals surface area (Å²) in [5, 5.41) is 9.16. The third kappa shape index (κ3) is 3.64. The number of aromatic carboxylic acids is 1. The van der Waals surface area contributed by atoms with Crippen LogP contribution in [0.2, 0.25) is 24.7 Å². The summed E-state index contributed by atoms with van der Waals surface area (Å²) in [5.74, 6) is -0.291. The Kier molecular flexibility index (Phi) is 4.06. The standard InChI is InChI=1S/C11H15ClO4Si/c1-15-9-6-7(11(13)14)5-8(12)10(9)16-17(2,3)4/h5-6H,1-4H3,(H,13,14). The van der Waals surface area contributed by atoms with E-state index < -0.39 is 14.3 Å². The van der Waals surface area contributed by atoms with Crippen molar-refractivity contribution in [2.75, 3.05) is 7.11 Å². The Morgan fingerprint density at radius 1 is 1.35 bits per heavy atom. The first kappa shape index (κ1) is 13.9. The zero-order chi connectivity index (χ0) is 13.2. The summed E-state index contributed by atoms with van der Waals surface area (Å²) in [7, 11) is -0.381. The van der Waals surface area contributed by atoms with Crippen LogP contribution in [0.5, 0.6) is 11.5 Å². The fraction of sp³-hybridized carbons (Fsp3) is 0.364. The van der Waals surface area contributed by atoms with Gasteiger partial charge < -0.3 is 14.3 Å². The van der Waals surface area contributed by atoms with Gasteiger partial charge in [0.2, 0.25) is 8.32 Å². The van der Waals surface area contributed by atoms with Gasteiger partial charge in [-0.3, -0.25) is 0 Å². The molecular formula is C11H15ClO4Si. The van der Waals surface area contributed by atoms with Gasteiger partial charge in [0, 0.05) is 0 Å². The summed E-state index contributed by atoms with van der Waals surface area (Å²) in [6.07, 6.45) is 0. The molecule has 1 aromatic carbocycles. The molecule has 0 atom stereocenters. The number of benzene rings is 1. The number of ether oxygens (including phenoxy) is 1. The van der Waals surface area contributed by atoms with Crippen LogP contribution < -0.4 is 9.16 Å².